The van der Waals surface area contributed by atoms with E-state index in [1.165, 1.54) is 30.3 Å². The van der Waals surface area contributed by atoms with Crippen LogP contribution in [0.5, 0.6) is 0 Å². The highest BCUT2D eigenvalue weighted by Gasteiger charge is 2.15. The molecule has 0 aliphatic carbocycles. The van der Waals surface area contributed by atoms with Crippen molar-refractivity contribution in [2.75, 3.05) is 4.72 Å². The zero-order valence-corrected chi connectivity index (χ0v) is 14.1. The number of nitrogens with one attached hydrogen (secondary N) is 2. The quantitative estimate of drug-likeness (QED) is 0.552. The third-order valence-corrected chi connectivity index (χ3v) is 5.29. The Bertz CT molecular complexity index is 1270. The summed E-state index contributed by atoms with van der Waals surface area (Å²) in [7, 11) is -3.76. The van der Waals surface area contributed by atoms with Crippen LogP contribution in [0.4, 0.5) is 5.69 Å². The van der Waals surface area contributed by atoms with Crippen molar-refractivity contribution in [3.05, 3.63) is 70.7 Å². The minimum absolute atomic E-state index is 0.0965. The van der Waals surface area contributed by atoms with Gasteiger partial charge in [0.05, 0.1) is 4.90 Å². The number of fused-ring (bicyclic) bond motifs is 2. The summed E-state index contributed by atoms with van der Waals surface area (Å²) < 4.78 is 32.9. The molecule has 25 heavy (non-hydrogen) atoms. The van der Waals surface area contributed by atoms with Gasteiger partial charge in [0, 0.05) is 33.7 Å². The Hall–Kier alpha value is -3.06. The number of aryl methyl sites for hydroxylation is 1. The van der Waals surface area contributed by atoms with Gasteiger partial charge in [0.25, 0.3) is 10.0 Å². The summed E-state index contributed by atoms with van der Waals surface area (Å²) in [5.41, 5.74) is 2.30. The summed E-state index contributed by atoms with van der Waals surface area (Å²) in [6.45, 7) is 1.94. The van der Waals surface area contributed by atoms with Gasteiger partial charge in [-0.15, -0.1) is 0 Å². The zero-order valence-electron chi connectivity index (χ0n) is 13.2. The van der Waals surface area contributed by atoms with Crippen molar-refractivity contribution in [3.8, 4) is 0 Å². The molecule has 0 fully saturated rings. The monoisotopic (exact) mass is 354 g/mol. The Morgan fingerprint density at radius 2 is 1.80 bits per heavy atom. The zero-order chi connectivity index (χ0) is 17.6. The molecule has 0 spiro atoms. The molecular formula is C18H14N2O4S. The third-order valence-electron chi connectivity index (χ3n) is 3.91. The lowest BCUT2D eigenvalue weighted by atomic mass is 10.2. The Balaban J connectivity index is 1.72. The van der Waals surface area contributed by atoms with Gasteiger partial charge in [0.2, 0.25) is 0 Å². The molecule has 0 atom stereocenters. The maximum Gasteiger partial charge on any atom is 0.336 e. The van der Waals surface area contributed by atoms with E-state index in [-0.39, 0.29) is 4.90 Å². The van der Waals surface area contributed by atoms with Gasteiger partial charge in [-0.05, 0) is 55.5 Å². The van der Waals surface area contributed by atoms with Gasteiger partial charge in [-0.1, -0.05) is 0 Å². The average molecular weight is 354 g/mol. The second-order valence-corrected chi connectivity index (χ2v) is 7.50. The van der Waals surface area contributed by atoms with Gasteiger partial charge in [-0.3, -0.25) is 4.72 Å². The minimum atomic E-state index is -3.76. The fourth-order valence-electron chi connectivity index (χ4n) is 2.77. The first kappa shape index (κ1) is 15.5. The first-order chi connectivity index (χ1) is 11.9. The highest BCUT2D eigenvalue weighted by Crippen LogP contribution is 2.24. The number of rotatable bonds is 3. The Labute approximate surface area is 143 Å². The Kier molecular flexibility index (Phi) is 3.40. The molecule has 0 unspecified atom stereocenters. The lowest BCUT2D eigenvalue weighted by Crippen LogP contribution is -2.12. The molecule has 7 heteroatoms. The van der Waals surface area contributed by atoms with E-state index in [9.17, 15) is 13.2 Å². The van der Waals surface area contributed by atoms with Crippen LogP contribution in [0, 0.1) is 6.92 Å². The number of aromatic amines is 1. The van der Waals surface area contributed by atoms with E-state index in [1.807, 2.05) is 19.1 Å². The summed E-state index contributed by atoms with van der Waals surface area (Å²) >= 11 is 0. The molecule has 126 valence electrons. The van der Waals surface area contributed by atoms with Crippen molar-refractivity contribution in [2.45, 2.75) is 11.8 Å². The van der Waals surface area contributed by atoms with Gasteiger partial charge in [0.15, 0.2) is 0 Å². The summed E-state index contributed by atoms with van der Waals surface area (Å²) in [6, 6.07) is 14.4. The predicted octanol–water partition coefficient (Wildman–Crippen LogP) is 3.38. The fraction of sp³-hybridized carbons (Fsp3) is 0.0556. The van der Waals surface area contributed by atoms with E-state index in [0.717, 1.165) is 16.6 Å². The maximum atomic E-state index is 12.6. The molecule has 4 aromatic rings. The van der Waals surface area contributed by atoms with E-state index in [1.54, 1.807) is 12.1 Å². The van der Waals surface area contributed by atoms with Crippen LogP contribution in [0.3, 0.4) is 0 Å². The van der Waals surface area contributed by atoms with Gasteiger partial charge in [0.1, 0.15) is 5.58 Å². The SMILES string of the molecule is Cc1cc2cc(NS(=O)(=O)c3ccc4oc(=O)ccc4c3)ccc2[nH]1. The summed E-state index contributed by atoms with van der Waals surface area (Å²) in [4.78, 5) is 14.5. The molecule has 4 rings (SSSR count). The van der Waals surface area contributed by atoms with E-state index < -0.39 is 15.6 Å². The van der Waals surface area contributed by atoms with E-state index in [4.69, 9.17) is 4.42 Å². The Morgan fingerprint density at radius 1 is 0.960 bits per heavy atom. The van der Waals surface area contributed by atoms with Crippen LogP contribution in [0.2, 0.25) is 0 Å². The lowest BCUT2D eigenvalue weighted by molar-refractivity contribution is 0.560. The molecule has 0 saturated heterocycles. The first-order valence-electron chi connectivity index (χ1n) is 7.57. The topological polar surface area (TPSA) is 92.2 Å². The van der Waals surface area contributed by atoms with Gasteiger partial charge >= 0.3 is 5.63 Å². The van der Waals surface area contributed by atoms with Crippen LogP contribution in [-0.2, 0) is 10.0 Å². The second kappa shape index (κ2) is 5.49. The second-order valence-electron chi connectivity index (χ2n) is 5.81. The maximum absolute atomic E-state index is 12.6. The molecule has 0 aliphatic heterocycles. The normalized spacial score (nSPS) is 11.9. The molecular weight excluding hydrogens is 340 g/mol. The summed E-state index contributed by atoms with van der Waals surface area (Å²) in [6.07, 6.45) is 0. The summed E-state index contributed by atoms with van der Waals surface area (Å²) in [5.74, 6) is 0. The Morgan fingerprint density at radius 3 is 2.64 bits per heavy atom. The fourth-order valence-corrected chi connectivity index (χ4v) is 3.86. The molecule has 0 radical (unpaired) electrons. The van der Waals surface area contributed by atoms with Crippen LogP contribution in [-0.4, -0.2) is 13.4 Å². The smallest absolute Gasteiger partial charge is 0.336 e. The van der Waals surface area contributed by atoms with Crippen molar-refractivity contribution in [2.24, 2.45) is 0 Å². The van der Waals surface area contributed by atoms with E-state index >= 15 is 0 Å². The van der Waals surface area contributed by atoms with Crippen molar-refractivity contribution in [3.63, 3.8) is 0 Å². The number of benzene rings is 2. The van der Waals surface area contributed by atoms with Crippen LogP contribution in [0.25, 0.3) is 21.9 Å². The standard InChI is InChI=1S/C18H14N2O4S/c1-11-8-13-9-14(3-5-16(13)19-11)20-25(22,23)15-4-6-17-12(10-15)2-7-18(21)24-17/h2-10,19-20H,1H3. The number of sulfonamides is 1. The van der Waals surface area contributed by atoms with Gasteiger partial charge in [-0.2, -0.15) is 0 Å². The van der Waals surface area contributed by atoms with Crippen LogP contribution >= 0.6 is 0 Å². The molecule has 2 heterocycles. The third kappa shape index (κ3) is 2.89. The highest BCUT2D eigenvalue weighted by molar-refractivity contribution is 7.92. The highest BCUT2D eigenvalue weighted by atomic mass is 32.2. The molecule has 0 amide bonds. The molecule has 2 aromatic carbocycles. The number of hydrogen-bond acceptors (Lipinski definition) is 4. The largest absolute Gasteiger partial charge is 0.423 e. The molecule has 6 nitrogen and oxygen atoms in total. The molecule has 2 N–H and O–H groups in total. The predicted molar refractivity (Wildman–Crippen MR) is 96.3 cm³/mol. The van der Waals surface area contributed by atoms with E-state index in [2.05, 4.69) is 9.71 Å². The van der Waals surface area contributed by atoms with Crippen LogP contribution in [0.1, 0.15) is 5.69 Å². The lowest BCUT2D eigenvalue weighted by Gasteiger charge is -2.09. The number of hydrogen-bond donors (Lipinski definition) is 2. The van der Waals surface area contributed by atoms with Gasteiger partial charge in [-0.25, -0.2) is 13.2 Å². The molecule has 0 saturated carbocycles. The van der Waals surface area contributed by atoms with Crippen LogP contribution in [0.15, 0.2) is 68.7 Å². The minimum Gasteiger partial charge on any atom is -0.423 e. The van der Waals surface area contributed by atoms with Crippen molar-refractivity contribution >= 4 is 37.6 Å². The van der Waals surface area contributed by atoms with Crippen molar-refractivity contribution in [1.82, 2.24) is 4.98 Å². The van der Waals surface area contributed by atoms with Crippen molar-refractivity contribution < 1.29 is 12.8 Å². The first-order valence-corrected chi connectivity index (χ1v) is 9.05. The van der Waals surface area contributed by atoms with Crippen LogP contribution < -0.4 is 10.3 Å². The number of aromatic nitrogens is 1. The number of anilines is 1. The van der Waals surface area contributed by atoms with Crippen molar-refractivity contribution in [1.29, 1.82) is 0 Å². The average Bonchev–Trinajstić information content (AvgIpc) is 2.93. The van der Waals surface area contributed by atoms with Gasteiger partial charge < -0.3 is 9.40 Å². The number of H-pyrrole nitrogens is 1. The summed E-state index contributed by atoms with van der Waals surface area (Å²) in [5, 5.41) is 1.47. The molecule has 0 aliphatic rings. The molecule has 0 bridgehead atoms. The van der Waals surface area contributed by atoms with E-state index in [0.29, 0.717) is 16.7 Å². The molecule has 2 aromatic heterocycles.